The Hall–Kier alpha value is -2.29. The first-order valence-corrected chi connectivity index (χ1v) is 6.58. The van der Waals surface area contributed by atoms with E-state index in [1.54, 1.807) is 13.2 Å². The van der Waals surface area contributed by atoms with Crippen molar-refractivity contribution in [1.29, 1.82) is 0 Å². The molecule has 0 aliphatic rings. The maximum absolute atomic E-state index is 11.5. The van der Waals surface area contributed by atoms with Crippen LogP contribution in [-0.4, -0.2) is 19.5 Å². The lowest BCUT2D eigenvalue weighted by Crippen LogP contribution is -1.97. The molecule has 0 radical (unpaired) electrons. The summed E-state index contributed by atoms with van der Waals surface area (Å²) in [6, 6.07) is 13.5. The van der Waals surface area contributed by atoms with Crippen LogP contribution >= 0.6 is 0 Å². The Kier molecular flexibility index (Phi) is 4.41. The first kappa shape index (κ1) is 14.1. The summed E-state index contributed by atoms with van der Waals surface area (Å²) < 4.78 is 10.7. The summed E-state index contributed by atoms with van der Waals surface area (Å²) >= 11 is 0. The fraction of sp³-hybridized carbons (Fsp3) is 0.235. The molecule has 104 valence electrons. The standard InChI is InChI=1S/C17H18O3/c1-4-20-15-8-5-13(6-9-15)14-7-10-16(12(2)18)17(11-14)19-3/h5-11H,4H2,1-3H3. The summed E-state index contributed by atoms with van der Waals surface area (Å²) in [5, 5.41) is 0. The Labute approximate surface area is 119 Å². The monoisotopic (exact) mass is 270 g/mol. The van der Waals surface area contributed by atoms with E-state index < -0.39 is 0 Å². The zero-order valence-electron chi connectivity index (χ0n) is 12.0. The van der Waals surface area contributed by atoms with E-state index in [4.69, 9.17) is 9.47 Å². The van der Waals surface area contributed by atoms with Crippen molar-refractivity contribution in [2.75, 3.05) is 13.7 Å². The fourth-order valence-corrected chi connectivity index (χ4v) is 2.07. The van der Waals surface area contributed by atoms with Crippen LogP contribution < -0.4 is 9.47 Å². The van der Waals surface area contributed by atoms with Gasteiger partial charge in [-0.15, -0.1) is 0 Å². The van der Waals surface area contributed by atoms with Gasteiger partial charge in [-0.25, -0.2) is 0 Å². The topological polar surface area (TPSA) is 35.5 Å². The Balaban J connectivity index is 2.35. The van der Waals surface area contributed by atoms with Crippen LogP contribution in [0.2, 0.25) is 0 Å². The number of hydrogen-bond acceptors (Lipinski definition) is 3. The average Bonchev–Trinajstić information content (AvgIpc) is 2.47. The molecule has 0 aliphatic carbocycles. The molecule has 0 amide bonds. The lowest BCUT2D eigenvalue weighted by Gasteiger charge is -2.09. The van der Waals surface area contributed by atoms with Gasteiger partial charge in [0.15, 0.2) is 5.78 Å². The minimum atomic E-state index is 0.0000868. The highest BCUT2D eigenvalue weighted by molar-refractivity contribution is 5.97. The number of benzene rings is 2. The van der Waals surface area contributed by atoms with Crippen molar-refractivity contribution >= 4 is 5.78 Å². The quantitative estimate of drug-likeness (QED) is 0.771. The third-order valence-electron chi connectivity index (χ3n) is 3.08. The number of hydrogen-bond donors (Lipinski definition) is 0. The Morgan fingerprint density at radius 1 is 1.05 bits per heavy atom. The Bertz CT molecular complexity index is 600. The van der Waals surface area contributed by atoms with Crippen LogP contribution in [0.1, 0.15) is 24.2 Å². The highest BCUT2D eigenvalue weighted by Crippen LogP contribution is 2.28. The normalized spacial score (nSPS) is 10.2. The van der Waals surface area contributed by atoms with Gasteiger partial charge >= 0.3 is 0 Å². The molecule has 0 fully saturated rings. The number of ketones is 1. The molecule has 0 aromatic heterocycles. The lowest BCUT2D eigenvalue weighted by molar-refractivity contribution is 0.101. The first-order chi connectivity index (χ1) is 9.65. The molecule has 0 N–H and O–H groups in total. The highest BCUT2D eigenvalue weighted by atomic mass is 16.5. The molecule has 0 bridgehead atoms. The van der Waals surface area contributed by atoms with E-state index in [9.17, 15) is 4.79 Å². The van der Waals surface area contributed by atoms with Crippen molar-refractivity contribution in [2.45, 2.75) is 13.8 Å². The predicted molar refractivity (Wildman–Crippen MR) is 79.6 cm³/mol. The SMILES string of the molecule is CCOc1ccc(-c2ccc(C(C)=O)c(OC)c2)cc1. The average molecular weight is 270 g/mol. The number of carbonyl (C=O) groups is 1. The molecule has 20 heavy (non-hydrogen) atoms. The van der Waals surface area contributed by atoms with Crippen LogP contribution in [0, 0.1) is 0 Å². The summed E-state index contributed by atoms with van der Waals surface area (Å²) in [7, 11) is 1.57. The Morgan fingerprint density at radius 2 is 1.70 bits per heavy atom. The van der Waals surface area contributed by atoms with E-state index in [-0.39, 0.29) is 5.78 Å². The molecular formula is C17H18O3. The van der Waals surface area contributed by atoms with Crippen LogP contribution in [0.4, 0.5) is 0 Å². The summed E-state index contributed by atoms with van der Waals surface area (Å²) in [6.45, 7) is 4.15. The van der Waals surface area contributed by atoms with Gasteiger partial charge in [0.05, 0.1) is 19.3 Å². The summed E-state index contributed by atoms with van der Waals surface area (Å²) in [5.41, 5.74) is 2.67. The maximum Gasteiger partial charge on any atom is 0.163 e. The molecule has 3 nitrogen and oxygen atoms in total. The van der Waals surface area contributed by atoms with Gasteiger partial charge in [0.25, 0.3) is 0 Å². The molecule has 0 atom stereocenters. The van der Waals surface area contributed by atoms with Gasteiger partial charge in [0.1, 0.15) is 11.5 Å². The molecule has 0 spiro atoms. The second-order valence-electron chi connectivity index (χ2n) is 4.43. The van der Waals surface area contributed by atoms with Gasteiger partial charge in [-0.05, 0) is 49.2 Å². The molecule has 0 aliphatic heterocycles. The molecule has 2 aromatic carbocycles. The van der Waals surface area contributed by atoms with Crippen LogP contribution in [0.15, 0.2) is 42.5 Å². The molecule has 0 heterocycles. The number of methoxy groups -OCH3 is 1. The van der Waals surface area contributed by atoms with Crippen LogP contribution in [-0.2, 0) is 0 Å². The fourth-order valence-electron chi connectivity index (χ4n) is 2.07. The smallest absolute Gasteiger partial charge is 0.163 e. The molecule has 3 heteroatoms. The van der Waals surface area contributed by atoms with Gasteiger partial charge in [-0.2, -0.15) is 0 Å². The second kappa shape index (κ2) is 6.24. The van der Waals surface area contributed by atoms with Crippen LogP contribution in [0.5, 0.6) is 11.5 Å². The zero-order chi connectivity index (χ0) is 14.5. The molecule has 2 rings (SSSR count). The molecule has 0 unspecified atom stereocenters. The van der Waals surface area contributed by atoms with Crippen LogP contribution in [0.3, 0.4) is 0 Å². The minimum absolute atomic E-state index is 0.0000868. The van der Waals surface area contributed by atoms with E-state index in [0.29, 0.717) is 17.9 Å². The van der Waals surface area contributed by atoms with Gasteiger partial charge in [0, 0.05) is 0 Å². The van der Waals surface area contributed by atoms with Gasteiger partial charge in [-0.1, -0.05) is 18.2 Å². The Morgan fingerprint density at radius 3 is 2.25 bits per heavy atom. The predicted octanol–water partition coefficient (Wildman–Crippen LogP) is 3.96. The number of Topliss-reactive ketones (excluding diaryl/α,β-unsaturated/α-hetero) is 1. The van der Waals surface area contributed by atoms with E-state index in [2.05, 4.69) is 0 Å². The van der Waals surface area contributed by atoms with E-state index in [1.165, 1.54) is 6.92 Å². The van der Waals surface area contributed by atoms with Crippen LogP contribution in [0.25, 0.3) is 11.1 Å². The summed E-state index contributed by atoms with van der Waals surface area (Å²) in [6.07, 6.45) is 0. The third-order valence-corrected chi connectivity index (χ3v) is 3.08. The first-order valence-electron chi connectivity index (χ1n) is 6.58. The minimum Gasteiger partial charge on any atom is -0.496 e. The molecule has 2 aromatic rings. The molecule has 0 saturated carbocycles. The maximum atomic E-state index is 11.5. The van der Waals surface area contributed by atoms with E-state index in [0.717, 1.165) is 16.9 Å². The van der Waals surface area contributed by atoms with Crippen molar-refractivity contribution < 1.29 is 14.3 Å². The van der Waals surface area contributed by atoms with E-state index >= 15 is 0 Å². The third kappa shape index (κ3) is 2.99. The number of carbonyl (C=O) groups excluding carboxylic acids is 1. The van der Waals surface area contributed by atoms with Gasteiger partial charge in [-0.3, -0.25) is 4.79 Å². The van der Waals surface area contributed by atoms with Crippen molar-refractivity contribution in [1.82, 2.24) is 0 Å². The highest BCUT2D eigenvalue weighted by Gasteiger charge is 2.09. The number of ether oxygens (including phenoxy) is 2. The van der Waals surface area contributed by atoms with Crippen molar-refractivity contribution in [3.63, 3.8) is 0 Å². The zero-order valence-corrected chi connectivity index (χ0v) is 12.0. The van der Waals surface area contributed by atoms with Crippen molar-refractivity contribution in [3.05, 3.63) is 48.0 Å². The molecule has 0 saturated heterocycles. The van der Waals surface area contributed by atoms with Gasteiger partial charge < -0.3 is 9.47 Å². The lowest BCUT2D eigenvalue weighted by atomic mass is 10.0. The second-order valence-corrected chi connectivity index (χ2v) is 4.43. The summed E-state index contributed by atoms with van der Waals surface area (Å²) in [4.78, 5) is 11.5. The van der Waals surface area contributed by atoms with E-state index in [1.807, 2.05) is 43.3 Å². The van der Waals surface area contributed by atoms with Crippen molar-refractivity contribution in [3.8, 4) is 22.6 Å². The van der Waals surface area contributed by atoms with Gasteiger partial charge in [0.2, 0.25) is 0 Å². The summed E-state index contributed by atoms with van der Waals surface area (Å²) in [5.74, 6) is 1.45. The largest absolute Gasteiger partial charge is 0.496 e. The molecular weight excluding hydrogens is 252 g/mol. The van der Waals surface area contributed by atoms with Crippen molar-refractivity contribution in [2.24, 2.45) is 0 Å². The number of rotatable bonds is 5.